The van der Waals surface area contributed by atoms with Crippen molar-refractivity contribution < 1.29 is 14.3 Å². The Balaban J connectivity index is 1.42. The molecule has 0 bridgehead atoms. The lowest BCUT2D eigenvalue weighted by molar-refractivity contribution is -0.116. The van der Waals surface area contributed by atoms with Gasteiger partial charge in [-0.3, -0.25) is 9.59 Å². The van der Waals surface area contributed by atoms with Gasteiger partial charge in [0.15, 0.2) is 0 Å². The normalized spacial score (nSPS) is 13.6. The average Bonchev–Trinajstić information content (AvgIpc) is 3.17. The van der Waals surface area contributed by atoms with Gasteiger partial charge in [0, 0.05) is 31.0 Å². The van der Waals surface area contributed by atoms with Crippen LogP contribution in [0.25, 0.3) is 5.69 Å². The first-order valence-electron chi connectivity index (χ1n) is 11.6. The third-order valence-corrected chi connectivity index (χ3v) is 6.04. The molecule has 2 aromatic carbocycles. The molecule has 2 amide bonds. The van der Waals surface area contributed by atoms with Crippen molar-refractivity contribution in [3.63, 3.8) is 0 Å². The maximum atomic E-state index is 13.3. The molecule has 178 valence electrons. The number of rotatable bonds is 7. The highest BCUT2D eigenvalue weighted by atomic mass is 16.5. The second-order valence-corrected chi connectivity index (χ2v) is 8.31. The number of aromatic nitrogens is 2. The number of para-hydroxylation sites is 1. The standard InChI is InChI=1S/C26H31N5O3/c1-4-29(26(33)25-19(2)28-31(20(25)3)23-8-6-5-7-9-23)18-24(32)27-21-10-12-22(13-11-21)30-14-16-34-17-15-30/h5-13H,4,14-18H2,1-3H3,(H,27,32). The van der Waals surface area contributed by atoms with Crippen LogP contribution < -0.4 is 10.2 Å². The number of benzene rings is 2. The molecule has 1 N–H and O–H groups in total. The zero-order chi connectivity index (χ0) is 24.1. The van der Waals surface area contributed by atoms with Crippen LogP contribution in [0.4, 0.5) is 11.4 Å². The first kappa shape index (κ1) is 23.5. The fraction of sp³-hybridized carbons (Fsp3) is 0.346. The molecule has 4 rings (SSSR count). The number of anilines is 2. The number of aryl methyl sites for hydroxylation is 1. The number of morpholine rings is 1. The number of hydrogen-bond acceptors (Lipinski definition) is 5. The number of carbonyl (C=O) groups is 2. The quantitative estimate of drug-likeness (QED) is 0.583. The molecule has 0 atom stereocenters. The van der Waals surface area contributed by atoms with Crippen LogP contribution in [-0.4, -0.2) is 65.9 Å². The van der Waals surface area contributed by atoms with E-state index in [1.165, 1.54) is 0 Å². The minimum absolute atomic E-state index is 0.0318. The summed E-state index contributed by atoms with van der Waals surface area (Å²) in [4.78, 5) is 29.9. The van der Waals surface area contributed by atoms with E-state index in [-0.39, 0.29) is 18.4 Å². The van der Waals surface area contributed by atoms with E-state index in [0.717, 1.165) is 43.4 Å². The smallest absolute Gasteiger partial charge is 0.258 e. The molecule has 3 aromatic rings. The van der Waals surface area contributed by atoms with Crippen LogP contribution in [0.15, 0.2) is 54.6 Å². The van der Waals surface area contributed by atoms with Crippen LogP contribution in [0.2, 0.25) is 0 Å². The van der Waals surface area contributed by atoms with Crippen molar-refractivity contribution >= 4 is 23.2 Å². The molecule has 2 heterocycles. The van der Waals surface area contributed by atoms with Gasteiger partial charge in [-0.2, -0.15) is 5.10 Å². The SMILES string of the molecule is CCN(CC(=O)Nc1ccc(N2CCOCC2)cc1)C(=O)c1c(C)nn(-c2ccccc2)c1C. The van der Waals surface area contributed by atoms with Gasteiger partial charge in [-0.1, -0.05) is 18.2 Å². The molecule has 1 saturated heterocycles. The Hall–Kier alpha value is -3.65. The monoisotopic (exact) mass is 461 g/mol. The van der Waals surface area contributed by atoms with Crippen LogP contribution in [-0.2, 0) is 9.53 Å². The summed E-state index contributed by atoms with van der Waals surface area (Å²) < 4.78 is 7.17. The molecule has 1 aromatic heterocycles. The third kappa shape index (κ3) is 5.12. The van der Waals surface area contributed by atoms with Crippen molar-refractivity contribution in [2.75, 3.05) is 49.6 Å². The average molecular weight is 462 g/mol. The third-order valence-electron chi connectivity index (χ3n) is 6.04. The van der Waals surface area contributed by atoms with E-state index in [2.05, 4.69) is 15.3 Å². The minimum atomic E-state index is -0.236. The maximum Gasteiger partial charge on any atom is 0.258 e. The molecule has 0 spiro atoms. The van der Waals surface area contributed by atoms with E-state index < -0.39 is 0 Å². The maximum absolute atomic E-state index is 13.3. The largest absolute Gasteiger partial charge is 0.378 e. The molecule has 8 nitrogen and oxygen atoms in total. The van der Waals surface area contributed by atoms with Gasteiger partial charge in [0.1, 0.15) is 6.54 Å². The fourth-order valence-electron chi connectivity index (χ4n) is 4.21. The zero-order valence-corrected chi connectivity index (χ0v) is 20.0. The zero-order valence-electron chi connectivity index (χ0n) is 20.0. The van der Waals surface area contributed by atoms with Gasteiger partial charge in [-0.05, 0) is 57.2 Å². The molecular formula is C26H31N5O3. The molecule has 1 aliphatic heterocycles. The highest BCUT2D eigenvalue weighted by Crippen LogP contribution is 2.21. The Morgan fingerprint density at radius 2 is 1.68 bits per heavy atom. The number of hydrogen-bond donors (Lipinski definition) is 1. The minimum Gasteiger partial charge on any atom is -0.378 e. The number of carbonyl (C=O) groups excluding carboxylic acids is 2. The predicted octanol–water partition coefficient (Wildman–Crippen LogP) is 3.43. The summed E-state index contributed by atoms with van der Waals surface area (Å²) in [5.41, 5.74) is 4.63. The number of amides is 2. The van der Waals surface area contributed by atoms with E-state index in [4.69, 9.17) is 4.74 Å². The molecule has 0 saturated carbocycles. The second-order valence-electron chi connectivity index (χ2n) is 8.31. The van der Waals surface area contributed by atoms with E-state index in [1.54, 1.807) is 9.58 Å². The van der Waals surface area contributed by atoms with Crippen LogP contribution in [0.3, 0.4) is 0 Å². The van der Waals surface area contributed by atoms with Crippen LogP contribution >= 0.6 is 0 Å². The molecular weight excluding hydrogens is 430 g/mol. The molecule has 34 heavy (non-hydrogen) atoms. The Labute approximate surface area is 200 Å². The first-order chi connectivity index (χ1) is 16.5. The van der Waals surface area contributed by atoms with Crippen molar-refractivity contribution in [1.82, 2.24) is 14.7 Å². The van der Waals surface area contributed by atoms with Crippen molar-refractivity contribution in [2.45, 2.75) is 20.8 Å². The molecule has 8 heteroatoms. The first-order valence-corrected chi connectivity index (χ1v) is 11.6. The molecule has 0 aliphatic carbocycles. The van der Waals surface area contributed by atoms with Gasteiger partial charge in [0.2, 0.25) is 5.91 Å². The Morgan fingerprint density at radius 1 is 1.00 bits per heavy atom. The molecule has 1 aliphatic rings. The summed E-state index contributed by atoms with van der Waals surface area (Å²) >= 11 is 0. The lowest BCUT2D eigenvalue weighted by Crippen LogP contribution is -2.38. The molecule has 0 radical (unpaired) electrons. The predicted molar refractivity (Wildman–Crippen MR) is 133 cm³/mol. The summed E-state index contributed by atoms with van der Waals surface area (Å²) in [6.07, 6.45) is 0. The Kier molecular flexibility index (Phi) is 7.27. The summed E-state index contributed by atoms with van der Waals surface area (Å²) in [5, 5.41) is 7.48. The number of nitrogens with zero attached hydrogens (tertiary/aromatic N) is 4. The molecule has 1 fully saturated rings. The van der Waals surface area contributed by atoms with Gasteiger partial charge in [0.25, 0.3) is 5.91 Å². The summed E-state index contributed by atoms with van der Waals surface area (Å²) in [7, 11) is 0. The van der Waals surface area contributed by atoms with Gasteiger partial charge in [-0.25, -0.2) is 4.68 Å². The number of ether oxygens (including phenoxy) is 1. The van der Waals surface area contributed by atoms with Gasteiger partial charge in [-0.15, -0.1) is 0 Å². The highest BCUT2D eigenvalue weighted by molar-refractivity contribution is 6.00. The topological polar surface area (TPSA) is 79.7 Å². The Morgan fingerprint density at radius 3 is 2.32 bits per heavy atom. The number of nitrogens with one attached hydrogen (secondary N) is 1. The summed E-state index contributed by atoms with van der Waals surface area (Å²) in [6, 6.07) is 17.5. The second kappa shape index (κ2) is 10.5. The van der Waals surface area contributed by atoms with Crippen molar-refractivity contribution in [3.05, 3.63) is 71.5 Å². The summed E-state index contributed by atoms with van der Waals surface area (Å²) in [5.74, 6) is -0.433. The van der Waals surface area contributed by atoms with Crippen LogP contribution in [0, 0.1) is 13.8 Å². The fourth-order valence-corrected chi connectivity index (χ4v) is 4.21. The van der Waals surface area contributed by atoms with Crippen molar-refractivity contribution in [3.8, 4) is 5.69 Å². The van der Waals surface area contributed by atoms with E-state index in [0.29, 0.717) is 23.5 Å². The lowest BCUT2D eigenvalue weighted by atomic mass is 10.1. The van der Waals surface area contributed by atoms with Crippen LogP contribution in [0.1, 0.15) is 28.7 Å². The Bertz CT molecular complexity index is 1140. The van der Waals surface area contributed by atoms with E-state index in [1.807, 2.05) is 75.4 Å². The molecule has 0 unspecified atom stereocenters. The summed E-state index contributed by atoms with van der Waals surface area (Å²) in [6.45, 7) is 9.12. The van der Waals surface area contributed by atoms with E-state index >= 15 is 0 Å². The van der Waals surface area contributed by atoms with Gasteiger partial charge < -0.3 is 19.9 Å². The van der Waals surface area contributed by atoms with E-state index in [9.17, 15) is 9.59 Å². The van der Waals surface area contributed by atoms with Gasteiger partial charge in [0.05, 0.1) is 35.9 Å². The number of likely N-dealkylation sites (N-methyl/N-ethyl adjacent to an activating group) is 1. The van der Waals surface area contributed by atoms with Crippen LogP contribution in [0.5, 0.6) is 0 Å². The van der Waals surface area contributed by atoms with Gasteiger partial charge >= 0.3 is 0 Å². The lowest BCUT2D eigenvalue weighted by Gasteiger charge is -2.29. The highest BCUT2D eigenvalue weighted by Gasteiger charge is 2.25. The van der Waals surface area contributed by atoms with Crippen molar-refractivity contribution in [1.29, 1.82) is 0 Å². The van der Waals surface area contributed by atoms with Crippen molar-refractivity contribution in [2.24, 2.45) is 0 Å².